The van der Waals surface area contributed by atoms with Crippen molar-refractivity contribution in [1.82, 2.24) is 0 Å². The van der Waals surface area contributed by atoms with Gasteiger partial charge in [0.2, 0.25) is 0 Å². The number of carbonyl (C=O) groups is 3. The van der Waals surface area contributed by atoms with E-state index in [1.54, 1.807) is 24.3 Å². The van der Waals surface area contributed by atoms with E-state index >= 15 is 0 Å². The van der Waals surface area contributed by atoms with Gasteiger partial charge < -0.3 is 10.1 Å². The highest BCUT2D eigenvalue weighted by molar-refractivity contribution is 8.77. The summed E-state index contributed by atoms with van der Waals surface area (Å²) < 4.78 is 5.21. The minimum Gasteiger partial charge on any atom is -0.453 e. The third-order valence-corrected chi connectivity index (χ3v) is 7.13. The number of anilines is 1. The Hall–Kier alpha value is -1.47. The average molecular weight is 396 g/mol. The summed E-state index contributed by atoms with van der Waals surface area (Å²) in [6.07, 6.45) is 3.58. The number of hydrogen-bond acceptors (Lipinski definition) is 6. The zero-order chi connectivity index (χ0) is 18.9. The maximum atomic E-state index is 12.2. The third kappa shape index (κ3) is 6.68. The fourth-order valence-corrected chi connectivity index (χ4v) is 5.68. The number of para-hydroxylation sites is 1. The number of nitrogens with one attached hydrogen (secondary N) is 1. The molecule has 1 aliphatic rings. The van der Waals surface area contributed by atoms with Gasteiger partial charge in [0.05, 0.1) is 5.69 Å². The van der Waals surface area contributed by atoms with Crippen molar-refractivity contribution in [2.45, 2.75) is 57.3 Å². The lowest BCUT2D eigenvalue weighted by molar-refractivity contribution is -0.153. The standard InChI is InChI=1S/C19H25NO4S2/c1-13(21)16-8-4-5-9-17(16)20-19(23)14(2)24-18(22)10-6-3-7-15-11-12-25-26-15/h4-5,8-9,14-15H,3,6-7,10-12H2,1-2H3,(H,20,23)/t14-,15-/m1/s1. The van der Waals surface area contributed by atoms with Crippen LogP contribution < -0.4 is 5.32 Å². The van der Waals surface area contributed by atoms with Crippen molar-refractivity contribution in [3.05, 3.63) is 29.8 Å². The van der Waals surface area contributed by atoms with Crippen molar-refractivity contribution >= 4 is 44.9 Å². The van der Waals surface area contributed by atoms with Gasteiger partial charge in [0.1, 0.15) is 0 Å². The van der Waals surface area contributed by atoms with Gasteiger partial charge in [-0.25, -0.2) is 0 Å². The first-order valence-corrected chi connectivity index (χ1v) is 11.2. The Kier molecular flexibility index (Phi) is 8.51. The highest BCUT2D eigenvalue weighted by Crippen LogP contribution is 2.39. The summed E-state index contributed by atoms with van der Waals surface area (Å²) in [5.41, 5.74) is 0.863. The lowest BCUT2D eigenvalue weighted by Crippen LogP contribution is -2.30. The Labute approximate surface area is 162 Å². The van der Waals surface area contributed by atoms with Crippen molar-refractivity contribution in [3.63, 3.8) is 0 Å². The Morgan fingerprint density at radius 1 is 1.27 bits per heavy atom. The lowest BCUT2D eigenvalue weighted by Gasteiger charge is -2.15. The maximum Gasteiger partial charge on any atom is 0.306 e. The van der Waals surface area contributed by atoms with Crippen LogP contribution in [0.15, 0.2) is 24.3 Å². The second kappa shape index (κ2) is 10.6. The van der Waals surface area contributed by atoms with E-state index in [4.69, 9.17) is 4.74 Å². The van der Waals surface area contributed by atoms with Crippen LogP contribution in [0, 0.1) is 0 Å². The van der Waals surface area contributed by atoms with E-state index in [-0.39, 0.29) is 11.8 Å². The van der Waals surface area contributed by atoms with Gasteiger partial charge >= 0.3 is 5.97 Å². The van der Waals surface area contributed by atoms with Crippen LogP contribution in [0.25, 0.3) is 0 Å². The van der Waals surface area contributed by atoms with Crippen LogP contribution in [0.2, 0.25) is 0 Å². The highest BCUT2D eigenvalue weighted by atomic mass is 33.1. The monoisotopic (exact) mass is 395 g/mol. The first-order valence-electron chi connectivity index (χ1n) is 8.86. The third-order valence-electron chi connectivity index (χ3n) is 4.13. The van der Waals surface area contributed by atoms with Gasteiger partial charge in [0.25, 0.3) is 5.91 Å². The number of ketones is 1. The number of Topliss-reactive ketones (excluding diaryl/α,β-unsaturated/α-hetero) is 1. The molecule has 0 radical (unpaired) electrons. The summed E-state index contributed by atoms with van der Waals surface area (Å²) in [5, 5.41) is 3.37. The molecule has 2 atom stereocenters. The van der Waals surface area contributed by atoms with Crippen molar-refractivity contribution in [2.75, 3.05) is 11.1 Å². The molecule has 0 unspecified atom stereocenters. The number of unbranched alkanes of at least 4 members (excludes halogenated alkanes) is 1. The number of carbonyl (C=O) groups excluding carboxylic acids is 3. The molecule has 1 amide bonds. The molecule has 142 valence electrons. The molecule has 26 heavy (non-hydrogen) atoms. The summed E-state index contributed by atoms with van der Waals surface area (Å²) in [6, 6.07) is 6.77. The van der Waals surface area contributed by atoms with Crippen LogP contribution in [0.4, 0.5) is 5.69 Å². The van der Waals surface area contributed by atoms with Gasteiger partial charge in [0, 0.05) is 23.0 Å². The molecule has 1 aliphatic heterocycles. The van der Waals surface area contributed by atoms with E-state index < -0.39 is 12.0 Å². The maximum absolute atomic E-state index is 12.2. The van der Waals surface area contributed by atoms with Crippen molar-refractivity contribution in [3.8, 4) is 0 Å². The van der Waals surface area contributed by atoms with E-state index in [0.29, 0.717) is 22.9 Å². The molecular formula is C19H25NO4S2. The molecule has 1 heterocycles. The van der Waals surface area contributed by atoms with Crippen LogP contribution >= 0.6 is 21.6 Å². The van der Waals surface area contributed by atoms with Crippen molar-refractivity contribution < 1.29 is 19.1 Å². The summed E-state index contributed by atoms with van der Waals surface area (Å²) in [7, 11) is 3.86. The predicted molar refractivity (Wildman–Crippen MR) is 108 cm³/mol. The Morgan fingerprint density at radius 2 is 2.04 bits per heavy atom. The molecule has 0 saturated carbocycles. The topological polar surface area (TPSA) is 72.5 Å². The predicted octanol–water partition coefficient (Wildman–Crippen LogP) is 4.47. The smallest absolute Gasteiger partial charge is 0.306 e. The minimum absolute atomic E-state index is 0.135. The first kappa shape index (κ1) is 20.8. The molecule has 2 rings (SSSR count). The number of hydrogen-bond donors (Lipinski definition) is 1. The van der Waals surface area contributed by atoms with Crippen LogP contribution in [-0.2, 0) is 14.3 Å². The van der Waals surface area contributed by atoms with Gasteiger partial charge in [-0.2, -0.15) is 0 Å². The number of amides is 1. The largest absolute Gasteiger partial charge is 0.453 e. The molecule has 1 aromatic carbocycles. The van der Waals surface area contributed by atoms with Gasteiger partial charge in [-0.05, 0) is 45.2 Å². The molecule has 0 aromatic heterocycles. The van der Waals surface area contributed by atoms with E-state index in [1.165, 1.54) is 26.0 Å². The summed E-state index contributed by atoms with van der Waals surface area (Å²) >= 11 is 0. The quantitative estimate of drug-likeness (QED) is 0.288. The molecule has 1 N–H and O–H groups in total. The van der Waals surface area contributed by atoms with Crippen molar-refractivity contribution in [2.24, 2.45) is 0 Å². The number of ether oxygens (including phenoxy) is 1. The zero-order valence-electron chi connectivity index (χ0n) is 15.2. The summed E-state index contributed by atoms with van der Waals surface area (Å²) in [6.45, 7) is 2.98. The molecule has 1 aromatic rings. The molecule has 1 saturated heterocycles. The minimum atomic E-state index is -0.899. The summed E-state index contributed by atoms with van der Waals surface area (Å²) in [4.78, 5) is 35.7. The molecule has 7 heteroatoms. The molecule has 5 nitrogen and oxygen atoms in total. The van der Waals surface area contributed by atoms with Gasteiger partial charge in [-0.3, -0.25) is 14.4 Å². The van der Waals surface area contributed by atoms with Gasteiger partial charge in [-0.15, -0.1) is 0 Å². The molecular weight excluding hydrogens is 370 g/mol. The average Bonchev–Trinajstić information content (AvgIpc) is 3.12. The van der Waals surface area contributed by atoms with E-state index in [1.807, 2.05) is 21.6 Å². The molecule has 0 bridgehead atoms. The van der Waals surface area contributed by atoms with E-state index in [0.717, 1.165) is 19.3 Å². The SMILES string of the molecule is CC(=O)c1ccccc1NC(=O)[C@@H](C)OC(=O)CCCC[C@@H]1CCSS1. The normalized spacial score (nSPS) is 17.5. The molecule has 1 fully saturated rings. The summed E-state index contributed by atoms with van der Waals surface area (Å²) in [5.74, 6) is 0.285. The molecule has 0 aliphatic carbocycles. The zero-order valence-corrected chi connectivity index (χ0v) is 16.8. The Balaban J connectivity index is 1.72. The first-order chi connectivity index (χ1) is 12.5. The highest BCUT2D eigenvalue weighted by Gasteiger charge is 2.20. The molecule has 0 spiro atoms. The fraction of sp³-hybridized carbons (Fsp3) is 0.526. The van der Waals surface area contributed by atoms with Crippen LogP contribution in [0.5, 0.6) is 0 Å². The van der Waals surface area contributed by atoms with Gasteiger partial charge in [-0.1, -0.05) is 40.1 Å². The van der Waals surface area contributed by atoms with E-state index in [9.17, 15) is 14.4 Å². The number of esters is 1. The van der Waals surface area contributed by atoms with Crippen LogP contribution in [-0.4, -0.2) is 34.8 Å². The lowest BCUT2D eigenvalue weighted by atomic mass is 10.1. The number of benzene rings is 1. The second-order valence-corrected chi connectivity index (χ2v) is 9.09. The number of rotatable bonds is 9. The Bertz CT molecular complexity index is 644. The van der Waals surface area contributed by atoms with Crippen LogP contribution in [0.1, 0.15) is 56.3 Å². The fourth-order valence-electron chi connectivity index (χ4n) is 2.65. The Morgan fingerprint density at radius 3 is 2.73 bits per heavy atom. The van der Waals surface area contributed by atoms with E-state index in [2.05, 4.69) is 5.32 Å². The second-order valence-electron chi connectivity index (χ2n) is 6.30. The van der Waals surface area contributed by atoms with Crippen molar-refractivity contribution in [1.29, 1.82) is 0 Å². The van der Waals surface area contributed by atoms with Crippen LogP contribution in [0.3, 0.4) is 0 Å². The van der Waals surface area contributed by atoms with Gasteiger partial charge in [0.15, 0.2) is 11.9 Å².